The summed E-state index contributed by atoms with van der Waals surface area (Å²) < 4.78 is 0. The Morgan fingerprint density at radius 2 is 2.14 bits per heavy atom. The van der Waals surface area contributed by atoms with Gasteiger partial charge in [0.2, 0.25) is 0 Å². The fraction of sp³-hybridized carbons (Fsp3) is 0.133. The topological polar surface area (TPSA) is 96.7 Å². The van der Waals surface area contributed by atoms with Crippen LogP contribution in [0.1, 0.15) is 21.6 Å². The van der Waals surface area contributed by atoms with Crippen molar-refractivity contribution in [2.45, 2.75) is 13.5 Å². The van der Waals surface area contributed by atoms with Crippen molar-refractivity contribution in [1.29, 1.82) is 0 Å². The zero-order valence-corrected chi connectivity index (χ0v) is 11.6. The molecule has 0 fully saturated rings. The Bertz CT molecular complexity index is 784. The van der Waals surface area contributed by atoms with Gasteiger partial charge in [-0.05, 0) is 18.6 Å². The molecule has 6 nitrogen and oxygen atoms in total. The van der Waals surface area contributed by atoms with E-state index in [2.05, 4.69) is 20.5 Å². The van der Waals surface area contributed by atoms with Gasteiger partial charge in [0.25, 0.3) is 5.91 Å². The molecular formula is C15H15N5O. The molecule has 1 amide bonds. The van der Waals surface area contributed by atoms with Crippen molar-refractivity contribution in [2.24, 2.45) is 0 Å². The number of aromatic nitrogens is 3. The highest BCUT2D eigenvalue weighted by Gasteiger charge is 2.16. The SMILES string of the molecule is Cc1[nH]nc(N)c1C(=O)NCc1cccc2cccnc12. The van der Waals surface area contributed by atoms with Gasteiger partial charge in [0.1, 0.15) is 5.56 Å². The largest absolute Gasteiger partial charge is 0.382 e. The smallest absolute Gasteiger partial charge is 0.257 e. The summed E-state index contributed by atoms with van der Waals surface area (Å²) in [6, 6.07) is 9.77. The van der Waals surface area contributed by atoms with E-state index in [0.717, 1.165) is 16.5 Å². The third-order valence-corrected chi connectivity index (χ3v) is 3.36. The van der Waals surface area contributed by atoms with Crippen LogP contribution in [0, 0.1) is 6.92 Å². The fourth-order valence-corrected chi connectivity index (χ4v) is 2.31. The molecule has 3 rings (SSSR count). The zero-order chi connectivity index (χ0) is 14.8. The van der Waals surface area contributed by atoms with E-state index in [-0.39, 0.29) is 11.7 Å². The molecular weight excluding hydrogens is 266 g/mol. The molecule has 0 bridgehead atoms. The lowest BCUT2D eigenvalue weighted by Crippen LogP contribution is -2.24. The van der Waals surface area contributed by atoms with E-state index < -0.39 is 0 Å². The lowest BCUT2D eigenvalue weighted by atomic mass is 10.1. The van der Waals surface area contributed by atoms with Gasteiger partial charge in [-0.25, -0.2) is 0 Å². The van der Waals surface area contributed by atoms with E-state index in [0.29, 0.717) is 17.8 Å². The number of aryl methyl sites for hydroxylation is 1. The minimum absolute atomic E-state index is 0.209. The number of aromatic amines is 1. The maximum absolute atomic E-state index is 12.2. The van der Waals surface area contributed by atoms with Gasteiger partial charge in [0.15, 0.2) is 5.82 Å². The van der Waals surface area contributed by atoms with Crippen LogP contribution >= 0.6 is 0 Å². The molecule has 0 aliphatic rings. The molecule has 1 aromatic carbocycles. The van der Waals surface area contributed by atoms with E-state index in [1.165, 1.54) is 0 Å². The molecule has 21 heavy (non-hydrogen) atoms. The average Bonchev–Trinajstić information content (AvgIpc) is 2.84. The first kappa shape index (κ1) is 13.1. The number of rotatable bonds is 3. The molecule has 0 saturated carbocycles. The van der Waals surface area contributed by atoms with Crippen molar-refractivity contribution >= 4 is 22.6 Å². The van der Waals surface area contributed by atoms with E-state index in [1.54, 1.807) is 13.1 Å². The fourth-order valence-electron chi connectivity index (χ4n) is 2.31. The molecule has 0 aliphatic carbocycles. The molecule has 106 valence electrons. The second-order valence-electron chi connectivity index (χ2n) is 4.78. The zero-order valence-electron chi connectivity index (χ0n) is 11.6. The molecule has 0 spiro atoms. The molecule has 4 N–H and O–H groups in total. The number of para-hydroxylation sites is 1. The predicted octanol–water partition coefficient (Wildman–Crippen LogP) is 1.78. The Kier molecular flexibility index (Phi) is 3.27. The van der Waals surface area contributed by atoms with Gasteiger partial charge < -0.3 is 11.1 Å². The summed E-state index contributed by atoms with van der Waals surface area (Å²) >= 11 is 0. The highest BCUT2D eigenvalue weighted by molar-refractivity contribution is 5.99. The van der Waals surface area contributed by atoms with Crippen LogP contribution in [0.25, 0.3) is 10.9 Å². The Hall–Kier alpha value is -2.89. The highest BCUT2D eigenvalue weighted by Crippen LogP contribution is 2.16. The second-order valence-corrected chi connectivity index (χ2v) is 4.78. The lowest BCUT2D eigenvalue weighted by molar-refractivity contribution is 0.0951. The van der Waals surface area contributed by atoms with Crippen LogP contribution in [0.15, 0.2) is 36.5 Å². The normalized spacial score (nSPS) is 10.7. The summed E-state index contributed by atoms with van der Waals surface area (Å²) in [6.07, 6.45) is 1.74. The number of amides is 1. The number of fused-ring (bicyclic) bond motifs is 1. The predicted molar refractivity (Wildman–Crippen MR) is 80.7 cm³/mol. The third kappa shape index (κ3) is 2.43. The minimum atomic E-state index is -0.244. The minimum Gasteiger partial charge on any atom is -0.382 e. The number of hydrogen-bond acceptors (Lipinski definition) is 4. The molecule has 2 heterocycles. The molecule has 0 saturated heterocycles. The van der Waals surface area contributed by atoms with Crippen molar-refractivity contribution in [3.05, 3.63) is 53.3 Å². The third-order valence-electron chi connectivity index (χ3n) is 3.36. The molecule has 0 aliphatic heterocycles. The van der Waals surface area contributed by atoms with Gasteiger partial charge in [0.05, 0.1) is 5.52 Å². The van der Waals surface area contributed by atoms with Crippen LogP contribution < -0.4 is 11.1 Å². The van der Waals surface area contributed by atoms with Gasteiger partial charge in [-0.2, -0.15) is 5.10 Å². The Balaban J connectivity index is 1.83. The summed E-state index contributed by atoms with van der Waals surface area (Å²) in [5.41, 5.74) is 8.58. The van der Waals surface area contributed by atoms with Gasteiger partial charge in [-0.15, -0.1) is 0 Å². The first-order valence-electron chi connectivity index (χ1n) is 6.58. The van der Waals surface area contributed by atoms with Crippen molar-refractivity contribution in [1.82, 2.24) is 20.5 Å². The number of anilines is 1. The van der Waals surface area contributed by atoms with Gasteiger partial charge in [-0.1, -0.05) is 24.3 Å². The highest BCUT2D eigenvalue weighted by atomic mass is 16.1. The van der Waals surface area contributed by atoms with Crippen molar-refractivity contribution in [3.63, 3.8) is 0 Å². The number of nitrogens with zero attached hydrogens (tertiary/aromatic N) is 2. The van der Waals surface area contributed by atoms with Gasteiger partial charge in [-0.3, -0.25) is 14.9 Å². The molecule has 0 radical (unpaired) electrons. The molecule has 2 aromatic heterocycles. The number of H-pyrrole nitrogens is 1. The molecule has 0 atom stereocenters. The number of nitrogens with two attached hydrogens (primary N) is 1. The first-order valence-corrected chi connectivity index (χ1v) is 6.58. The lowest BCUT2D eigenvalue weighted by Gasteiger charge is -2.07. The summed E-state index contributed by atoms with van der Waals surface area (Å²) in [4.78, 5) is 16.5. The Labute approximate surface area is 121 Å². The molecule has 0 unspecified atom stereocenters. The number of nitrogens with one attached hydrogen (secondary N) is 2. The average molecular weight is 281 g/mol. The van der Waals surface area contributed by atoms with E-state index >= 15 is 0 Å². The number of nitrogen functional groups attached to an aromatic ring is 1. The maximum atomic E-state index is 12.2. The Morgan fingerprint density at radius 1 is 1.33 bits per heavy atom. The van der Waals surface area contributed by atoms with E-state index in [1.807, 2.05) is 30.3 Å². The van der Waals surface area contributed by atoms with Crippen LogP contribution in [0.5, 0.6) is 0 Å². The standard InChI is InChI=1S/C15H15N5O/c1-9-12(14(16)20-19-9)15(21)18-8-11-5-2-4-10-6-3-7-17-13(10)11/h2-7H,8H2,1H3,(H,18,21)(H3,16,19,20). The van der Waals surface area contributed by atoms with Crippen molar-refractivity contribution in [3.8, 4) is 0 Å². The number of hydrogen-bond donors (Lipinski definition) is 3. The molecule has 3 aromatic rings. The first-order chi connectivity index (χ1) is 10.2. The van der Waals surface area contributed by atoms with Crippen LogP contribution in [0.3, 0.4) is 0 Å². The van der Waals surface area contributed by atoms with Gasteiger partial charge >= 0.3 is 0 Å². The number of pyridine rings is 1. The van der Waals surface area contributed by atoms with E-state index in [9.17, 15) is 4.79 Å². The van der Waals surface area contributed by atoms with E-state index in [4.69, 9.17) is 5.73 Å². The van der Waals surface area contributed by atoms with Crippen molar-refractivity contribution in [2.75, 3.05) is 5.73 Å². The summed E-state index contributed by atoms with van der Waals surface area (Å²) in [5, 5.41) is 10.4. The quantitative estimate of drug-likeness (QED) is 0.681. The second kappa shape index (κ2) is 5.24. The summed E-state index contributed by atoms with van der Waals surface area (Å²) in [6.45, 7) is 2.15. The summed E-state index contributed by atoms with van der Waals surface area (Å²) in [7, 11) is 0. The maximum Gasteiger partial charge on any atom is 0.257 e. The summed E-state index contributed by atoms with van der Waals surface area (Å²) in [5.74, 6) is -0.0345. The monoisotopic (exact) mass is 281 g/mol. The Morgan fingerprint density at radius 3 is 2.90 bits per heavy atom. The van der Waals surface area contributed by atoms with Crippen molar-refractivity contribution < 1.29 is 4.79 Å². The van der Waals surface area contributed by atoms with Crippen LogP contribution in [-0.2, 0) is 6.54 Å². The number of benzene rings is 1. The number of carbonyl (C=O) groups excluding carboxylic acids is 1. The number of carbonyl (C=O) groups is 1. The van der Waals surface area contributed by atoms with Crippen LogP contribution in [-0.4, -0.2) is 21.1 Å². The van der Waals surface area contributed by atoms with Crippen LogP contribution in [0.4, 0.5) is 5.82 Å². The van der Waals surface area contributed by atoms with Crippen LogP contribution in [0.2, 0.25) is 0 Å². The molecule has 6 heteroatoms. The van der Waals surface area contributed by atoms with Gasteiger partial charge in [0, 0.05) is 23.8 Å².